The molecule has 5 rings (SSSR count). The van der Waals surface area contributed by atoms with Gasteiger partial charge >= 0.3 is 0 Å². The molecule has 0 unspecified atom stereocenters. The maximum Gasteiger partial charge on any atom is 0.159 e. The van der Waals surface area contributed by atoms with Gasteiger partial charge in [0, 0.05) is 43.8 Å². The van der Waals surface area contributed by atoms with E-state index in [4.69, 9.17) is 14.8 Å². The van der Waals surface area contributed by atoms with E-state index >= 15 is 0 Å². The van der Waals surface area contributed by atoms with E-state index < -0.39 is 0 Å². The summed E-state index contributed by atoms with van der Waals surface area (Å²) < 4.78 is 5.35. The van der Waals surface area contributed by atoms with Gasteiger partial charge < -0.3 is 19.7 Å². The lowest BCUT2D eigenvalue weighted by Crippen LogP contribution is -2.47. The van der Waals surface area contributed by atoms with Gasteiger partial charge in [-0.25, -0.2) is 4.98 Å². The minimum absolute atomic E-state index is 0.219. The van der Waals surface area contributed by atoms with Crippen LogP contribution in [0.3, 0.4) is 0 Å². The lowest BCUT2D eigenvalue weighted by molar-refractivity contribution is 0.189. The number of hydrogen-bond acceptors (Lipinski definition) is 6. The number of aliphatic hydroxyl groups excluding tert-OH is 1. The molecule has 8 nitrogen and oxygen atoms in total. The van der Waals surface area contributed by atoms with Crippen molar-refractivity contribution in [2.45, 2.75) is 0 Å². The molecule has 0 amide bonds. The van der Waals surface area contributed by atoms with E-state index in [-0.39, 0.29) is 6.61 Å². The molecule has 0 saturated carbocycles. The molecule has 0 aliphatic carbocycles. The Morgan fingerprint density at radius 1 is 1.07 bits per heavy atom. The van der Waals surface area contributed by atoms with Gasteiger partial charge in [0.1, 0.15) is 11.4 Å². The van der Waals surface area contributed by atoms with E-state index in [0.29, 0.717) is 0 Å². The number of fused-ring (bicyclic) bond motifs is 2. The summed E-state index contributed by atoms with van der Waals surface area (Å²) in [6.45, 7) is 4.81. The second kappa shape index (κ2) is 7.38. The second-order valence-corrected chi connectivity index (χ2v) is 7.32. The zero-order valence-electron chi connectivity index (χ0n) is 16.4. The molecule has 1 saturated heterocycles. The molecule has 4 aromatic rings. The highest BCUT2D eigenvalue weighted by atomic mass is 16.5. The summed E-state index contributed by atoms with van der Waals surface area (Å²) in [5, 5.41) is 17.6. The van der Waals surface area contributed by atoms with Gasteiger partial charge in [0.2, 0.25) is 0 Å². The van der Waals surface area contributed by atoms with Gasteiger partial charge in [-0.05, 0) is 36.4 Å². The molecule has 0 radical (unpaired) electrons. The maximum absolute atomic E-state index is 9.12. The van der Waals surface area contributed by atoms with Crippen LogP contribution in [0.15, 0.2) is 36.4 Å². The average molecular weight is 392 g/mol. The number of H-pyrrole nitrogens is 2. The summed E-state index contributed by atoms with van der Waals surface area (Å²) in [6, 6.07) is 12.2. The monoisotopic (exact) mass is 392 g/mol. The van der Waals surface area contributed by atoms with Crippen LogP contribution in [0.4, 0.5) is 5.69 Å². The number of methoxy groups -OCH3 is 1. The van der Waals surface area contributed by atoms with Crippen molar-refractivity contribution in [1.82, 2.24) is 25.1 Å². The number of aromatic nitrogens is 4. The molecule has 3 heterocycles. The number of hydrogen-bond donors (Lipinski definition) is 3. The van der Waals surface area contributed by atoms with Crippen molar-refractivity contribution in [3.8, 4) is 17.3 Å². The molecule has 150 valence electrons. The smallest absolute Gasteiger partial charge is 0.159 e. The van der Waals surface area contributed by atoms with Crippen LogP contribution in [-0.4, -0.2) is 76.6 Å². The zero-order chi connectivity index (χ0) is 19.8. The molecular weight excluding hydrogens is 368 g/mol. The van der Waals surface area contributed by atoms with Crippen molar-refractivity contribution >= 4 is 27.6 Å². The van der Waals surface area contributed by atoms with Gasteiger partial charge in [0.15, 0.2) is 5.82 Å². The number of nitrogens with zero attached hydrogens (tertiary/aromatic N) is 4. The predicted octanol–water partition coefficient (Wildman–Crippen LogP) is 2.23. The van der Waals surface area contributed by atoms with Crippen molar-refractivity contribution in [3.63, 3.8) is 0 Å². The van der Waals surface area contributed by atoms with Crippen LogP contribution < -0.4 is 9.64 Å². The summed E-state index contributed by atoms with van der Waals surface area (Å²) in [5.41, 5.74) is 4.83. The number of rotatable bonds is 5. The number of anilines is 1. The highest BCUT2D eigenvalue weighted by Gasteiger charge is 2.18. The predicted molar refractivity (Wildman–Crippen MR) is 113 cm³/mol. The molecule has 3 N–H and O–H groups in total. The fourth-order valence-electron chi connectivity index (χ4n) is 3.98. The second-order valence-electron chi connectivity index (χ2n) is 7.32. The molecule has 1 aliphatic heterocycles. The first-order valence-corrected chi connectivity index (χ1v) is 9.85. The van der Waals surface area contributed by atoms with Gasteiger partial charge in [-0.3, -0.25) is 10.00 Å². The topological polar surface area (TPSA) is 93.3 Å². The molecule has 2 aromatic heterocycles. The van der Waals surface area contributed by atoms with Gasteiger partial charge in [-0.1, -0.05) is 0 Å². The third-order valence-electron chi connectivity index (χ3n) is 5.61. The number of β-amino-alcohol motifs (C(OH)–C–C–N with tert-alkyl or cyclic N) is 1. The molecular formula is C21H24N6O2. The van der Waals surface area contributed by atoms with Gasteiger partial charge in [0.25, 0.3) is 0 Å². The lowest BCUT2D eigenvalue weighted by atomic mass is 10.2. The third kappa shape index (κ3) is 3.30. The number of nitrogens with one attached hydrogen (secondary N) is 2. The molecule has 2 aromatic carbocycles. The van der Waals surface area contributed by atoms with Crippen LogP contribution in [0.5, 0.6) is 5.75 Å². The van der Waals surface area contributed by atoms with Gasteiger partial charge in [-0.2, -0.15) is 5.10 Å². The van der Waals surface area contributed by atoms with E-state index in [1.165, 1.54) is 5.69 Å². The Balaban J connectivity index is 1.44. The van der Waals surface area contributed by atoms with Crippen LogP contribution in [-0.2, 0) is 0 Å². The fraction of sp³-hybridized carbons (Fsp3) is 0.333. The SMILES string of the molecule is COc1ccc2[nH]nc(-c3nc4ccc(N5CCN(CCO)CC5)cc4[nH]3)c2c1. The lowest BCUT2D eigenvalue weighted by Gasteiger charge is -2.35. The van der Waals surface area contributed by atoms with E-state index in [2.05, 4.69) is 43.2 Å². The van der Waals surface area contributed by atoms with Crippen molar-refractivity contribution < 1.29 is 9.84 Å². The van der Waals surface area contributed by atoms with E-state index in [0.717, 1.165) is 71.9 Å². The summed E-state index contributed by atoms with van der Waals surface area (Å²) in [6.07, 6.45) is 0. The van der Waals surface area contributed by atoms with Crippen molar-refractivity contribution in [2.75, 3.05) is 51.3 Å². The third-order valence-corrected chi connectivity index (χ3v) is 5.61. The molecule has 0 atom stereocenters. The quantitative estimate of drug-likeness (QED) is 0.482. The summed E-state index contributed by atoms with van der Waals surface area (Å²) in [5.74, 6) is 1.53. The molecule has 0 spiro atoms. The summed E-state index contributed by atoms with van der Waals surface area (Å²) >= 11 is 0. The summed E-state index contributed by atoms with van der Waals surface area (Å²) in [4.78, 5) is 12.9. The standard InChI is InChI=1S/C21H24N6O2/c1-29-15-3-5-17-16(13-15)20(25-24-17)21-22-18-4-2-14(12-19(18)23-21)27-8-6-26(7-9-27)10-11-28/h2-5,12-13,28H,6-11H2,1H3,(H,22,23)(H,24,25). The normalized spacial score (nSPS) is 15.4. The van der Waals surface area contributed by atoms with E-state index in [1.54, 1.807) is 7.11 Å². The van der Waals surface area contributed by atoms with Crippen molar-refractivity contribution in [1.29, 1.82) is 0 Å². The Bertz CT molecular complexity index is 1140. The molecule has 0 bridgehead atoms. The number of ether oxygens (including phenoxy) is 1. The maximum atomic E-state index is 9.12. The first kappa shape index (κ1) is 18.0. The minimum Gasteiger partial charge on any atom is -0.497 e. The van der Waals surface area contributed by atoms with Crippen LogP contribution >= 0.6 is 0 Å². The van der Waals surface area contributed by atoms with Crippen LogP contribution in [0.25, 0.3) is 33.5 Å². The van der Waals surface area contributed by atoms with Gasteiger partial charge in [-0.15, -0.1) is 0 Å². The van der Waals surface area contributed by atoms with E-state index in [9.17, 15) is 0 Å². The Hall–Kier alpha value is -3.10. The Labute approximate surface area is 168 Å². The fourth-order valence-corrected chi connectivity index (χ4v) is 3.98. The Kier molecular flexibility index (Phi) is 4.57. The van der Waals surface area contributed by atoms with Crippen LogP contribution in [0.1, 0.15) is 0 Å². The van der Waals surface area contributed by atoms with Crippen molar-refractivity contribution in [3.05, 3.63) is 36.4 Å². The number of aliphatic hydroxyl groups is 1. The molecule has 29 heavy (non-hydrogen) atoms. The summed E-state index contributed by atoms with van der Waals surface area (Å²) in [7, 11) is 1.66. The minimum atomic E-state index is 0.219. The number of aromatic amines is 2. The zero-order valence-corrected chi connectivity index (χ0v) is 16.4. The van der Waals surface area contributed by atoms with Crippen LogP contribution in [0.2, 0.25) is 0 Å². The number of imidazole rings is 1. The average Bonchev–Trinajstić information content (AvgIpc) is 3.37. The highest BCUT2D eigenvalue weighted by Crippen LogP contribution is 2.30. The Morgan fingerprint density at radius 3 is 2.72 bits per heavy atom. The molecule has 1 fully saturated rings. The van der Waals surface area contributed by atoms with Crippen LogP contribution in [0, 0.1) is 0 Å². The molecule has 8 heteroatoms. The first-order valence-electron chi connectivity index (χ1n) is 9.85. The van der Waals surface area contributed by atoms with Crippen molar-refractivity contribution in [2.24, 2.45) is 0 Å². The van der Waals surface area contributed by atoms with Gasteiger partial charge in [0.05, 0.1) is 30.3 Å². The number of benzene rings is 2. The number of piperazine rings is 1. The Morgan fingerprint density at radius 2 is 1.93 bits per heavy atom. The van der Waals surface area contributed by atoms with E-state index in [1.807, 2.05) is 18.2 Å². The highest BCUT2D eigenvalue weighted by molar-refractivity contribution is 5.94. The largest absolute Gasteiger partial charge is 0.497 e. The molecule has 1 aliphatic rings. The first-order chi connectivity index (χ1) is 14.2.